The van der Waals surface area contributed by atoms with E-state index in [0.717, 1.165) is 18.6 Å². The van der Waals surface area contributed by atoms with Gasteiger partial charge in [0.25, 0.3) is 15.9 Å². The van der Waals surface area contributed by atoms with Crippen LogP contribution < -0.4 is 14.8 Å². The Balaban J connectivity index is 1.67. The summed E-state index contributed by atoms with van der Waals surface area (Å²) >= 11 is 0. The zero-order valence-corrected chi connectivity index (χ0v) is 23.4. The van der Waals surface area contributed by atoms with E-state index in [2.05, 4.69) is 10.0 Å². The van der Waals surface area contributed by atoms with Gasteiger partial charge in [0.15, 0.2) is 6.61 Å². The largest absolute Gasteiger partial charge is 0.484 e. The molecule has 2 amide bonds. The fourth-order valence-electron chi connectivity index (χ4n) is 3.68. The van der Waals surface area contributed by atoms with E-state index in [1.165, 1.54) is 53.4 Å². The Morgan fingerprint density at radius 3 is 2.02 bits per heavy atom. The van der Waals surface area contributed by atoms with Crippen LogP contribution in [0.3, 0.4) is 0 Å². The predicted octanol–water partition coefficient (Wildman–Crippen LogP) is 4.72. The van der Waals surface area contributed by atoms with Gasteiger partial charge in [-0.25, -0.2) is 17.2 Å². The molecule has 0 saturated heterocycles. The van der Waals surface area contributed by atoms with Crippen LogP contribution in [0.15, 0.2) is 77.7 Å². The number of hydrogen-bond acceptors (Lipinski definition) is 5. The standard InChI is InChI=1S/C29H33F2N3O5S/c1-20(2)16-17-32-29(36)21(3)34(18-22-4-6-23(30)7-5-22)28(35)19-39-26-12-14-27(15-13-26)40(37,38)33-25-10-8-24(31)9-11-25/h4-15,20-21,33H,16-19H2,1-3H3,(H,32,36)/t21-/m1/s1. The van der Waals surface area contributed by atoms with Crippen molar-refractivity contribution in [1.29, 1.82) is 0 Å². The molecule has 214 valence electrons. The molecule has 8 nitrogen and oxygen atoms in total. The molecule has 0 unspecified atom stereocenters. The second-order valence-corrected chi connectivity index (χ2v) is 11.4. The Kier molecular flexibility index (Phi) is 10.6. The third-order valence-electron chi connectivity index (χ3n) is 6.05. The molecule has 0 saturated carbocycles. The Labute approximate surface area is 233 Å². The number of amides is 2. The highest BCUT2D eigenvalue weighted by atomic mass is 32.2. The van der Waals surface area contributed by atoms with Crippen molar-refractivity contribution >= 4 is 27.5 Å². The lowest BCUT2D eigenvalue weighted by atomic mass is 10.1. The van der Waals surface area contributed by atoms with Crippen LogP contribution in [0, 0.1) is 17.6 Å². The third kappa shape index (κ3) is 9.04. The highest BCUT2D eigenvalue weighted by Gasteiger charge is 2.26. The molecule has 2 N–H and O–H groups in total. The molecule has 0 aliphatic heterocycles. The van der Waals surface area contributed by atoms with Gasteiger partial charge in [-0.05, 0) is 85.5 Å². The lowest BCUT2D eigenvalue weighted by Gasteiger charge is -2.29. The van der Waals surface area contributed by atoms with E-state index in [1.807, 2.05) is 13.8 Å². The predicted molar refractivity (Wildman–Crippen MR) is 148 cm³/mol. The summed E-state index contributed by atoms with van der Waals surface area (Å²) in [5.41, 5.74) is 0.843. The third-order valence-corrected chi connectivity index (χ3v) is 7.44. The smallest absolute Gasteiger partial charge is 0.261 e. The van der Waals surface area contributed by atoms with Crippen LogP contribution >= 0.6 is 0 Å². The summed E-state index contributed by atoms with van der Waals surface area (Å²) in [6, 6.07) is 15.1. The van der Waals surface area contributed by atoms with Crippen molar-refractivity contribution < 1.29 is 31.5 Å². The van der Waals surface area contributed by atoms with Gasteiger partial charge < -0.3 is 15.0 Å². The van der Waals surface area contributed by atoms with Gasteiger partial charge >= 0.3 is 0 Å². The number of carbonyl (C=O) groups is 2. The van der Waals surface area contributed by atoms with Crippen LogP contribution in [0.1, 0.15) is 32.8 Å². The minimum absolute atomic E-state index is 0.0554. The number of rotatable bonds is 13. The number of nitrogens with one attached hydrogen (secondary N) is 2. The molecule has 0 aliphatic carbocycles. The summed E-state index contributed by atoms with van der Waals surface area (Å²) in [6.07, 6.45) is 0.790. The fraction of sp³-hybridized carbons (Fsp3) is 0.310. The first-order valence-corrected chi connectivity index (χ1v) is 14.3. The lowest BCUT2D eigenvalue weighted by Crippen LogP contribution is -2.49. The fourth-order valence-corrected chi connectivity index (χ4v) is 4.73. The van der Waals surface area contributed by atoms with Gasteiger partial charge in [0, 0.05) is 18.8 Å². The second-order valence-electron chi connectivity index (χ2n) is 9.67. The van der Waals surface area contributed by atoms with Gasteiger partial charge in [-0.3, -0.25) is 14.3 Å². The molecule has 40 heavy (non-hydrogen) atoms. The van der Waals surface area contributed by atoms with Gasteiger partial charge in [-0.2, -0.15) is 0 Å². The Morgan fingerprint density at radius 2 is 1.45 bits per heavy atom. The molecule has 0 heterocycles. The van der Waals surface area contributed by atoms with E-state index in [9.17, 15) is 26.8 Å². The van der Waals surface area contributed by atoms with E-state index in [0.29, 0.717) is 18.0 Å². The molecule has 0 fully saturated rings. The van der Waals surface area contributed by atoms with Crippen LogP contribution in [0.2, 0.25) is 0 Å². The number of benzene rings is 3. The summed E-state index contributed by atoms with van der Waals surface area (Å²) in [5.74, 6) is -1.06. The van der Waals surface area contributed by atoms with E-state index in [1.54, 1.807) is 19.1 Å². The molecule has 0 aromatic heterocycles. The first-order chi connectivity index (χ1) is 18.9. The molecule has 0 radical (unpaired) electrons. The normalized spacial score (nSPS) is 12.1. The quantitative estimate of drug-likeness (QED) is 0.308. The van der Waals surface area contributed by atoms with E-state index in [-0.39, 0.29) is 28.8 Å². The van der Waals surface area contributed by atoms with Crippen LogP contribution in [0.4, 0.5) is 14.5 Å². The van der Waals surface area contributed by atoms with Crippen molar-refractivity contribution in [2.45, 2.75) is 44.7 Å². The topological polar surface area (TPSA) is 105 Å². The van der Waals surface area contributed by atoms with E-state index in [4.69, 9.17) is 4.74 Å². The number of anilines is 1. The van der Waals surface area contributed by atoms with Gasteiger partial charge in [-0.15, -0.1) is 0 Å². The highest BCUT2D eigenvalue weighted by molar-refractivity contribution is 7.92. The molecular weight excluding hydrogens is 540 g/mol. The SMILES string of the molecule is CC(C)CCNC(=O)[C@@H](C)N(Cc1ccc(F)cc1)C(=O)COc1ccc(S(=O)(=O)Nc2ccc(F)cc2)cc1. The summed E-state index contributed by atoms with van der Waals surface area (Å²) in [4.78, 5) is 27.3. The van der Waals surface area contributed by atoms with Crippen molar-refractivity contribution in [3.63, 3.8) is 0 Å². The minimum Gasteiger partial charge on any atom is -0.484 e. The molecule has 0 spiro atoms. The van der Waals surface area contributed by atoms with Gasteiger partial charge in [0.05, 0.1) is 4.90 Å². The number of nitrogens with zero attached hydrogens (tertiary/aromatic N) is 1. The average Bonchev–Trinajstić information content (AvgIpc) is 2.92. The molecule has 0 aliphatic rings. The highest BCUT2D eigenvalue weighted by Crippen LogP contribution is 2.20. The molecule has 3 rings (SSSR count). The number of ether oxygens (including phenoxy) is 1. The van der Waals surface area contributed by atoms with E-state index >= 15 is 0 Å². The lowest BCUT2D eigenvalue weighted by molar-refractivity contribution is -0.142. The number of carbonyl (C=O) groups excluding carboxylic acids is 2. The van der Waals surface area contributed by atoms with Crippen LogP contribution in [-0.4, -0.2) is 44.3 Å². The number of hydrogen-bond donors (Lipinski definition) is 2. The molecule has 0 bridgehead atoms. The first kappa shape index (κ1) is 30.6. The molecule has 3 aromatic rings. The summed E-state index contributed by atoms with van der Waals surface area (Å²) in [7, 11) is -3.93. The van der Waals surface area contributed by atoms with Crippen molar-refractivity contribution in [2.24, 2.45) is 5.92 Å². The zero-order valence-electron chi connectivity index (χ0n) is 22.6. The van der Waals surface area contributed by atoms with Crippen molar-refractivity contribution in [3.05, 3.63) is 90.0 Å². The van der Waals surface area contributed by atoms with Crippen LogP contribution in [0.5, 0.6) is 5.75 Å². The maximum Gasteiger partial charge on any atom is 0.261 e. The van der Waals surface area contributed by atoms with Crippen molar-refractivity contribution in [3.8, 4) is 5.75 Å². The number of sulfonamides is 1. The monoisotopic (exact) mass is 573 g/mol. The summed E-state index contributed by atoms with van der Waals surface area (Å²) < 4.78 is 59.7. The number of halogens is 2. The first-order valence-electron chi connectivity index (χ1n) is 12.8. The van der Waals surface area contributed by atoms with Crippen LogP contribution in [0.25, 0.3) is 0 Å². The molecule has 3 aromatic carbocycles. The minimum atomic E-state index is -3.93. The van der Waals surface area contributed by atoms with Gasteiger partial charge in [-0.1, -0.05) is 26.0 Å². The van der Waals surface area contributed by atoms with Gasteiger partial charge in [0.2, 0.25) is 5.91 Å². The summed E-state index contributed by atoms with van der Waals surface area (Å²) in [5, 5.41) is 2.84. The maximum atomic E-state index is 13.4. The summed E-state index contributed by atoms with van der Waals surface area (Å²) in [6.45, 7) is 5.82. The van der Waals surface area contributed by atoms with Crippen molar-refractivity contribution in [1.82, 2.24) is 10.2 Å². The Morgan fingerprint density at radius 1 is 0.875 bits per heavy atom. The molecule has 11 heteroatoms. The van der Waals surface area contributed by atoms with Crippen LogP contribution in [-0.2, 0) is 26.2 Å². The Bertz CT molecular complexity index is 1380. The van der Waals surface area contributed by atoms with Gasteiger partial charge in [0.1, 0.15) is 23.4 Å². The van der Waals surface area contributed by atoms with E-state index < -0.39 is 40.2 Å². The zero-order chi connectivity index (χ0) is 29.3. The van der Waals surface area contributed by atoms with Crippen molar-refractivity contribution in [2.75, 3.05) is 17.9 Å². The average molecular weight is 574 g/mol. The maximum absolute atomic E-state index is 13.4. The molecular formula is C29H33F2N3O5S. The molecule has 1 atom stereocenters. The second kappa shape index (κ2) is 13.9. The Hall–Kier alpha value is -3.99.